The van der Waals surface area contributed by atoms with Crippen LogP contribution in [0.3, 0.4) is 0 Å². The van der Waals surface area contributed by atoms with Crippen LogP contribution in [0, 0.1) is 6.92 Å². The summed E-state index contributed by atoms with van der Waals surface area (Å²) in [5.74, 6) is 0.127. The average Bonchev–Trinajstić information content (AvgIpc) is 2.47. The molecule has 0 saturated heterocycles. The first kappa shape index (κ1) is 15.1. The van der Waals surface area contributed by atoms with E-state index >= 15 is 0 Å². The summed E-state index contributed by atoms with van der Waals surface area (Å²) in [7, 11) is 0. The molecule has 0 aromatic heterocycles. The first-order valence-corrected chi connectivity index (χ1v) is 8.08. The normalized spacial score (nSPS) is 15.9. The lowest BCUT2D eigenvalue weighted by Gasteiger charge is -2.40. The van der Waals surface area contributed by atoms with Gasteiger partial charge in [0.05, 0.1) is 5.41 Å². The van der Waals surface area contributed by atoms with Crippen molar-refractivity contribution in [3.8, 4) is 0 Å². The molecule has 2 aromatic rings. The summed E-state index contributed by atoms with van der Waals surface area (Å²) >= 11 is 5.96. The quantitative estimate of drug-likeness (QED) is 0.891. The summed E-state index contributed by atoms with van der Waals surface area (Å²) in [5.41, 5.74) is 3.07. The van der Waals surface area contributed by atoms with E-state index in [0.29, 0.717) is 11.6 Å². The number of amides is 1. The Bertz CT molecular complexity index is 657. The van der Waals surface area contributed by atoms with Crippen LogP contribution in [0.4, 0.5) is 0 Å². The molecule has 0 heterocycles. The lowest BCUT2D eigenvalue weighted by molar-refractivity contribution is -0.130. The molecule has 114 valence electrons. The Morgan fingerprint density at radius 3 is 2.27 bits per heavy atom. The first-order valence-electron chi connectivity index (χ1n) is 7.70. The molecular formula is C19H20ClNO. The van der Waals surface area contributed by atoms with E-state index < -0.39 is 0 Å². The van der Waals surface area contributed by atoms with Crippen molar-refractivity contribution in [2.45, 2.75) is 38.1 Å². The molecular weight excluding hydrogens is 294 g/mol. The molecule has 3 heteroatoms. The van der Waals surface area contributed by atoms with Gasteiger partial charge in [-0.25, -0.2) is 0 Å². The third-order valence-electron chi connectivity index (χ3n) is 4.61. The highest BCUT2D eigenvalue weighted by molar-refractivity contribution is 6.30. The van der Waals surface area contributed by atoms with Crippen LogP contribution >= 0.6 is 11.6 Å². The van der Waals surface area contributed by atoms with Gasteiger partial charge in [0, 0.05) is 11.6 Å². The fourth-order valence-electron chi connectivity index (χ4n) is 3.00. The van der Waals surface area contributed by atoms with E-state index in [9.17, 15) is 4.79 Å². The second-order valence-electron chi connectivity index (χ2n) is 6.11. The minimum atomic E-state index is -0.366. The first-order chi connectivity index (χ1) is 10.6. The highest BCUT2D eigenvalue weighted by atomic mass is 35.5. The van der Waals surface area contributed by atoms with Crippen molar-refractivity contribution >= 4 is 17.5 Å². The summed E-state index contributed by atoms with van der Waals surface area (Å²) in [6.07, 6.45) is 2.92. The standard InChI is InChI=1S/C19H20ClNO/c1-14-3-5-15(6-4-14)13-21-18(22)19(11-2-12-19)16-7-9-17(20)10-8-16/h3-10H,2,11-13H2,1H3,(H,21,22). The number of hydrogen-bond acceptors (Lipinski definition) is 1. The topological polar surface area (TPSA) is 29.1 Å². The van der Waals surface area contributed by atoms with Gasteiger partial charge in [-0.15, -0.1) is 0 Å². The lowest BCUT2D eigenvalue weighted by Crippen LogP contribution is -2.48. The minimum Gasteiger partial charge on any atom is -0.351 e. The fraction of sp³-hybridized carbons (Fsp3) is 0.316. The SMILES string of the molecule is Cc1ccc(CNC(=O)C2(c3ccc(Cl)cc3)CCC2)cc1. The van der Waals surface area contributed by atoms with Gasteiger partial charge in [0.15, 0.2) is 0 Å². The van der Waals surface area contributed by atoms with Gasteiger partial charge in [-0.05, 0) is 43.0 Å². The van der Waals surface area contributed by atoms with Gasteiger partial charge in [0.2, 0.25) is 5.91 Å². The van der Waals surface area contributed by atoms with Gasteiger partial charge in [0.1, 0.15) is 0 Å². The van der Waals surface area contributed by atoms with Crippen molar-refractivity contribution in [3.05, 3.63) is 70.2 Å². The molecule has 1 aliphatic rings. The third-order valence-corrected chi connectivity index (χ3v) is 4.86. The van der Waals surface area contributed by atoms with E-state index in [2.05, 4.69) is 36.5 Å². The molecule has 1 aliphatic carbocycles. The molecule has 1 N–H and O–H groups in total. The second kappa shape index (κ2) is 6.13. The molecule has 0 atom stereocenters. The number of aryl methyl sites for hydroxylation is 1. The molecule has 1 fully saturated rings. The van der Waals surface area contributed by atoms with Gasteiger partial charge < -0.3 is 5.32 Å². The molecule has 1 amide bonds. The van der Waals surface area contributed by atoms with Crippen LogP contribution in [0.15, 0.2) is 48.5 Å². The number of carbonyl (C=O) groups is 1. The Hall–Kier alpha value is -1.80. The van der Waals surface area contributed by atoms with E-state index in [0.717, 1.165) is 30.4 Å². The second-order valence-corrected chi connectivity index (χ2v) is 6.55. The van der Waals surface area contributed by atoms with Gasteiger partial charge in [-0.3, -0.25) is 4.79 Å². The Kier molecular flexibility index (Phi) is 4.21. The molecule has 0 radical (unpaired) electrons. The van der Waals surface area contributed by atoms with Gasteiger partial charge in [0.25, 0.3) is 0 Å². The Balaban J connectivity index is 1.71. The summed E-state index contributed by atoms with van der Waals surface area (Å²) < 4.78 is 0. The molecule has 0 spiro atoms. The van der Waals surface area contributed by atoms with Gasteiger partial charge in [-0.2, -0.15) is 0 Å². The van der Waals surface area contributed by atoms with Crippen molar-refractivity contribution in [1.82, 2.24) is 5.32 Å². The summed E-state index contributed by atoms with van der Waals surface area (Å²) in [4.78, 5) is 12.7. The zero-order chi connectivity index (χ0) is 15.6. The number of nitrogens with one attached hydrogen (secondary N) is 1. The largest absolute Gasteiger partial charge is 0.351 e. The smallest absolute Gasteiger partial charge is 0.230 e. The maximum Gasteiger partial charge on any atom is 0.230 e. The highest BCUT2D eigenvalue weighted by Crippen LogP contribution is 2.44. The number of rotatable bonds is 4. The fourth-order valence-corrected chi connectivity index (χ4v) is 3.13. The predicted octanol–water partition coefficient (Wildman–Crippen LogP) is 4.39. The molecule has 2 nitrogen and oxygen atoms in total. The van der Waals surface area contributed by atoms with Crippen molar-refractivity contribution in [2.75, 3.05) is 0 Å². The predicted molar refractivity (Wildman–Crippen MR) is 90.0 cm³/mol. The maximum absolute atomic E-state index is 12.7. The van der Waals surface area contributed by atoms with Crippen LogP contribution in [0.2, 0.25) is 5.02 Å². The van der Waals surface area contributed by atoms with Crippen LogP contribution in [-0.2, 0) is 16.8 Å². The summed E-state index contributed by atoms with van der Waals surface area (Å²) in [6.45, 7) is 2.64. The van der Waals surface area contributed by atoms with E-state index in [1.807, 2.05) is 24.3 Å². The molecule has 2 aromatic carbocycles. The molecule has 0 aliphatic heterocycles. The van der Waals surface area contributed by atoms with E-state index in [1.165, 1.54) is 5.56 Å². The third kappa shape index (κ3) is 2.89. The van der Waals surface area contributed by atoms with Crippen LogP contribution in [0.25, 0.3) is 0 Å². The zero-order valence-electron chi connectivity index (χ0n) is 12.7. The zero-order valence-corrected chi connectivity index (χ0v) is 13.5. The Labute approximate surface area is 136 Å². The van der Waals surface area contributed by atoms with Crippen LogP contribution in [-0.4, -0.2) is 5.91 Å². The van der Waals surface area contributed by atoms with Crippen LogP contribution in [0.5, 0.6) is 0 Å². The van der Waals surface area contributed by atoms with Gasteiger partial charge >= 0.3 is 0 Å². The van der Waals surface area contributed by atoms with Crippen molar-refractivity contribution in [2.24, 2.45) is 0 Å². The monoisotopic (exact) mass is 313 g/mol. The summed E-state index contributed by atoms with van der Waals surface area (Å²) in [5, 5.41) is 3.81. The number of benzene rings is 2. The van der Waals surface area contributed by atoms with Crippen LogP contribution < -0.4 is 5.32 Å². The minimum absolute atomic E-state index is 0.127. The van der Waals surface area contributed by atoms with Crippen molar-refractivity contribution in [1.29, 1.82) is 0 Å². The summed E-state index contributed by atoms with van der Waals surface area (Å²) in [6, 6.07) is 15.9. The Morgan fingerprint density at radius 1 is 1.09 bits per heavy atom. The van der Waals surface area contributed by atoms with Crippen molar-refractivity contribution < 1.29 is 4.79 Å². The Morgan fingerprint density at radius 2 is 1.73 bits per heavy atom. The molecule has 0 bridgehead atoms. The highest BCUT2D eigenvalue weighted by Gasteiger charge is 2.45. The van der Waals surface area contributed by atoms with E-state index in [-0.39, 0.29) is 11.3 Å². The molecule has 3 rings (SSSR count). The average molecular weight is 314 g/mol. The lowest BCUT2D eigenvalue weighted by atomic mass is 9.64. The van der Waals surface area contributed by atoms with Crippen molar-refractivity contribution in [3.63, 3.8) is 0 Å². The van der Waals surface area contributed by atoms with E-state index in [1.54, 1.807) is 0 Å². The van der Waals surface area contributed by atoms with E-state index in [4.69, 9.17) is 11.6 Å². The number of halogens is 1. The maximum atomic E-state index is 12.7. The number of carbonyl (C=O) groups excluding carboxylic acids is 1. The molecule has 0 unspecified atom stereocenters. The molecule has 1 saturated carbocycles. The molecule has 22 heavy (non-hydrogen) atoms. The van der Waals surface area contributed by atoms with Crippen LogP contribution in [0.1, 0.15) is 36.0 Å². The van der Waals surface area contributed by atoms with Gasteiger partial charge in [-0.1, -0.05) is 60.0 Å². The number of hydrogen-bond donors (Lipinski definition) is 1.